The van der Waals surface area contributed by atoms with Crippen LogP contribution in [0.1, 0.15) is 17.2 Å². The summed E-state index contributed by atoms with van der Waals surface area (Å²) in [7, 11) is 0. The summed E-state index contributed by atoms with van der Waals surface area (Å²) >= 11 is 15.4. The topological polar surface area (TPSA) is 20.2 Å². The fourth-order valence-corrected chi connectivity index (χ4v) is 2.74. The van der Waals surface area contributed by atoms with Gasteiger partial charge in [-0.2, -0.15) is 0 Å². The quantitative estimate of drug-likeness (QED) is 0.826. The first kappa shape index (κ1) is 13.9. The van der Waals surface area contributed by atoms with E-state index in [1.165, 1.54) is 0 Å². The van der Waals surface area contributed by atoms with Crippen molar-refractivity contribution in [2.75, 3.05) is 0 Å². The van der Waals surface area contributed by atoms with E-state index in [9.17, 15) is 5.11 Å². The molecule has 2 aromatic carbocycles. The van der Waals surface area contributed by atoms with Gasteiger partial charge in [-0.05, 0) is 29.3 Å². The monoisotopic (exact) mass is 344 g/mol. The number of aliphatic hydroxyl groups is 1. The lowest BCUT2D eigenvalue weighted by atomic mass is 10.0. The second-order valence-electron chi connectivity index (χ2n) is 3.98. The van der Waals surface area contributed by atoms with Crippen LogP contribution in [0.4, 0.5) is 0 Å². The highest BCUT2D eigenvalue weighted by Gasteiger charge is 2.13. The van der Waals surface area contributed by atoms with Crippen molar-refractivity contribution < 1.29 is 5.11 Å². The van der Waals surface area contributed by atoms with Gasteiger partial charge in [0, 0.05) is 20.9 Å². The van der Waals surface area contributed by atoms with Crippen LogP contribution in [0.3, 0.4) is 0 Å². The number of hydrogen-bond donors (Lipinski definition) is 1. The highest BCUT2D eigenvalue weighted by molar-refractivity contribution is 9.10. The lowest BCUT2D eigenvalue weighted by Gasteiger charge is -2.14. The zero-order chi connectivity index (χ0) is 13.1. The second-order valence-corrected chi connectivity index (χ2v) is 5.68. The summed E-state index contributed by atoms with van der Waals surface area (Å²) in [6.45, 7) is 0. The third kappa shape index (κ3) is 3.27. The number of aliphatic hydroxyl groups excluding tert-OH is 1. The molecular formula is C14H11BrCl2O. The minimum Gasteiger partial charge on any atom is -0.388 e. The SMILES string of the molecule is OC(Cc1ccccc1Br)c1ccc(Cl)cc1Cl. The van der Waals surface area contributed by atoms with E-state index in [1.807, 2.05) is 24.3 Å². The molecule has 2 rings (SSSR count). The maximum Gasteiger partial charge on any atom is 0.0845 e. The van der Waals surface area contributed by atoms with Gasteiger partial charge >= 0.3 is 0 Å². The third-order valence-corrected chi connectivity index (χ3v) is 4.03. The molecule has 0 aromatic heterocycles. The first-order valence-electron chi connectivity index (χ1n) is 5.44. The first-order chi connectivity index (χ1) is 8.58. The molecule has 0 aliphatic carbocycles. The van der Waals surface area contributed by atoms with Gasteiger partial charge < -0.3 is 5.11 Å². The van der Waals surface area contributed by atoms with Gasteiger partial charge in [0.2, 0.25) is 0 Å². The second kappa shape index (κ2) is 6.07. The Balaban J connectivity index is 2.22. The Labute approximate surface area is 124 Å². The van der Waals surface area contributed by atoms with E-state index >= 15 is 0 Å². The van der Waals surface area contributed by atoms with Crippen LogP contribution in [-0.4, -0.2) is 5.11 Å². The van der Waals surface area contributed by atoms with Gasteiger partial charge in [-0.3, -0.25) is 0 Å². The molecule has 1 unspecified atom stereocenters. The minimum atomic E-state index is -0.645. The molecule has 0 amide bonds. The van der Waals surface area contributed by atoms with E-state index in [2.05, 4.69) is 15.9 Å². The maximum absolute atomic E-state index is 10.2. The predicted octanol–water partition coefficient (Wildman–Crippen LogP) is 5.03. The zero-order valence-corrected chi connectivity index (χ0v) is 12.5. The molecule has 0 radical (unpaired) electrons. The summed E-state index contributed by atoms with van der Waals surface area (Å²) in [5.41, 5.74) is 1.73. The van der Waals surface area contributed by atoms with Crippen molar-refractivity contribution in [3.05, 3.63) is 68.1 Å². The Bertz CT molecular complexity index is 557. The highest BCUT2D eigenvalue weighted by atomic mass is 79.9. The Hall–Kier alpha value is -0.540. The van der Waals surface area contributed by atoms with Crippen molar-refractivity contribution in [2.45, 2.75) is 12.5 Å². The summed E-state index contributed by atoms with van der Waals surface area (Å²) in [5, 5.41) is 11.3. The fourth-order valence-electron chi connectivity index (χ4n) is 1.75. The molecule has 4 heteroatoms. The van der Waals surface area contributed by atoms with Crippen LogP contribution < -0.4 is 0 Å². The molecule has 1 nitrogen and oxygen atoms in total. The largest absolute Gasteiger partial charge is 0.388 e. The third-order valence-electron chi connectivity index (χ3n) is 2.69. The molecule has 0 spiro atoms. The molecule has 1 N–H and O–H groups in total. The minimum absolute atomic E-state index is 0.488. The summed E-state index contributed by atoms with van der Waals surface area (Å²) < 4.78 is 0.981. The van der Waals surface area contributed by atoms with Gasteiger partial charge in [0.05, 0.1) is 6.10 Å². The maximum atomic E-state index is 10.2. The average Bonchev–Trinajstić information content (AvgIpc) is 2.32. The Morgan fingerprint density at radius 3 is 2.50 bits per heavy atom. The van der Waals surface area contributed by atoms with Crippen molar-refractivity contribution in [2.24, 2.45) is 0 Å². The predicted molar refractivity (Wildman–Crippen MR) is 79.3 cm³/mol. The van der Waals surface area contributed by atoms with Crippen molar-refractivity contribution >= 4 is 39.1 Å². The lowest BCUT2D eigenvalue weighted by Crippen LogP contribution is -2.03. The van der Waals surface area contributed by atoms with E-state index in [1.54, 1.807) is 18.2 Å². The standard InChI is InChI=1S/C14H11BrCl2O/c15-12-4-2-1-3-9(12)7-14(18)11-6-5-10(16)8-13(11)17/h1-6,8,14,18H,7H2. The van der Waals surface area contributed by atoms with Gasteiger partial charge in [0.15, 0.2) is 0 Å². The van der Waals surface area contributed by atoms with Crippen LogP contribution in [-0.2, 0) is 6.42 Å². The molecule has 0 saturated carbocycles. The van der Waals surface area contributed by atoms with Crippen LogP contribution in [0.25, 0.3) is 0 Å². The van der Waals surface area contributed by atoms with Crippen LogP contribution in [0, 0.1) is 0 Å². The fraction of sp³-hybridized carbons (Fsp3) is 0.143. The number of hydrogen-bond acceptors (Lipinski definition) is 1. The normalized spacial score (nSPS) is 12.4. The number of halogens is 3. The van der Waals surface area contributed by atoms with E-state index in [4.69, 9.17) is 23.2 Å². The summed E-state index contributed by atoms with van der Waals surface area (Å²) in [6, 6.07) is 12.9. The van der Waals surface area contributed by atoms with Gasteiger partial charge in [-0.1, -0.05) is 63.4 Å². The number of rotatable bonds is 3. The molecule has 0 heterocycles. The van der Waals surface area contributed by atoms with Crippen LogP contribution in [0.5, 0.6) is 0 Å². The zero-order valence-electron chi connectivity index (χ0n) is 9.41. The van der Waals surface area contributed by atoms with Gasteiger partial charge in [-0.15, -0.1) is 0 Å². The van der Waals surface area contributed by atoms with Crippen LogP contribution in [0.2, 0.25) is 10.0 Å². The van der Waals surface area contributed by atoms with E-state index < -0.39 is 6.10 Å². The van der Waals surface area contributed by atoms with Gasteiger partial charge in [0.1, 0.15) is 0 Å². The molecule has 0 aliphatic heterocycles. The molecular weight excluding hydrogens is 335 g/mol. The molecule has 0 bridgehead atoms. The Kier molecular flexibility index (Phi) is 4.68. The molecule has 0 fully saturated rings. The lowest BCUT2D eigenvalue weighted by molar-refractivity contribution is 0.178. The van der Waals surface area contributed by atoms with Crippen molar-refractivity contribution in [1.29, 1.82) is 0 Å². The highest BCUT2D eigenvalue weighted by Crippen LogP contribution is 2.29. The molecule has 1 atom stereocenters. The molecule has 0 aliphatic rings. The van der Waals surface area contributed by atoms with E-state index in [0.717, 1.165) is 10.0 Å². The Morgan fingerprint density at radius 1 is 1.11 bits per heavy atom. The molecule has 0 saturated heterocycles. The van der Waals surface area contributed by atoms with E-state index in [-0.39, 0.29) is 0 Å². The van der Waals surface area contributed by atoms with Gasteiger partial charge in [0.25, 0.3) is 0 Å². The molecule has 18 heavy (non-hydrogen) atoms. The summed E-state index contributed by atoms with van der Waals surface area (Å²) in [6.07, 6.45) is -0.142. The smallest absolute Gasteiger partial charge is 0.0845 e. The van der Waals surface area contributed by atoms with Crippen LogP contribution in [0.15, 0.2) is 46.9 Å². The Morgan fingerprint density at radius 2 is 1.83 bits per heavy atom. The van der Waals surface area contributed by atoms with E-state index in [0.29, 0.717) is 22.0 Å². The summed E-state index contributed by atoms with van der Waals surface area (Å²) in [5.74, 6) is 0. The van der Waals surface area contributed by atoms with Gasteiger partial charge in [-0.25, -0.2) is 0 Å². The number of benzene rings is 2. The summed E-state index contributed by atoms with van der Waals surface area (Å²) in [4.78, 5) is 0. The van der Waals surface area contributed by atoms with Crippen molar-refractivity contribution in [1.82, 2.24) is 0 Å². The van der Waals surface area contributed by atoms with Crippen molar-refractivity contribution in [3.8, 4) is 0 Å². The molecule has 94 valence electrons. The average molecular weight is 346 g/mol. The van der Waals surface area contributed by atoms with Crippen LogP contribution >= 0.6 is 39.1 Å². The molecule has 2 aromatic rings. The van der Waals surface area contributed by atoms with Crippen molar-refractivity contribution in [3.63, 3.8) is 0 Å². The first-order valence-corrected chi connectivity index (χ1v) is 6.99.